The van der Waals surface area contributed by atoms with Crippen molar-refractivity contribution < 1.29 is 0 Å². The number of thiazole rings is 1. The number of hydrogen-bond acceptors (Lipinski definition) is 3. The summed E-state index contributed by atoms with van der Waals surface area (Å²) in [4.78, 5) is 4.39. The van der Waals surface area contributed by atoms with Gasteiger partial charge in [0.2, 0.25) is 0 Å². The van der Waals surface area contributed by atoms with E-state index in [2.05, 4.69) is 23.2 Å². The van der Waals surface area contributed by atoms with Gasteiger partial charge in [0.1, 0.15) is 0 Å². The lowest BCUT2D eigenvalue weighted by atomic mass is 9.79. The first-order chi connectivity index (χ1) is 7.84. The highest BCUT2D eigenvalue weighted by atomic mass is 32.1. The van der Waals surface area contributed by atoms with Gasteiger partial charge in [-0.15, -0.1) is 11.3 Å². The normalized spacial score (nSPS) is 19.3. The minimum absolute atomic E-state index is 0.234. The number of hydrogen-bond donors (Lipinski definition) is 1. The molecule has 3 heteroatoms. The molecule has 84 valence electrons. The van der Waals surface area contributed by atoms with Crippen LogP contribution >= 0.6 is 11.3 Å². The summed E-state index contributed by atoms with van der Waals surface area (Å²) in [5.41, 5.74) is 10.7. The zero-order valence-corrected chi connectivity index (χ0v) is 10.1. The van der Waals surface area contributed by atoms with Gasteiger partial charge in [-0.1, -0.05) is 18.9 Å². The summed E-state index contributed by atoms with van der Waals surface area (Å²) >= 11 is 1.70. The van der Waals surface area contributed by atoms with Crippen LogP contribution in [0, 0.1) is 0 Å². The van der Waals surface area contributed by atoms with Crippen LogP contribution in [-0.2, 0) is 5.41 Å². The van der Waals surface area contributed by atoms with E-state index in [-0.39, 0.29) is 5.41 Å². The Morgan fingerprint density at radius 3 is 2.88 bits per heavy atom. The van der Waals surface area contributed by atoms with Crippen LogP contribution in [0.25, 0.3) is 10.2 Å². The van der Waals surface area contributed by atoms with E-state index in [1.54, 1.807) is 11.3 Å². The molecule has 16 heavy (non-hydrogen) atoms. The topological polar surface area (TPSA) is 38.9 Å². The highest BCUT2D eigenvalue weighted by molar-refractivity contribution is 7.16. The lowest BCUT2D eigenvalue weighted by molar-refractivity contribution is 0.453. The van der Waals surface area contributed by atoms with Crippen LogP contribution in [0.2, 0.25) is 0 Å². The van der Waals surface area contributed by atoms with Crippen LogP contribution < -0.4 is 5.73 Å². The largest absolute Gasteiger partial charge is 0.330 e. The molecule has 3 rings (SSSR count). The zero-order chi connectivity index (χ0) is 11.0. The maximum Gasteiger partial charge on any atom is 0.0814 e. The molecule has 1 heterocycles. The van der Waals surface area contributed by atoms with Gasteiger partial charge in [0.15, 0.2) is 0 Å². The fraction of sp³-hybridized carbons (Fsp3) is 0.462. The van der Waals surface area contributed by atoms with Crippen molar-refractivity contribution in [2.24, 2.45) is 5.73 Å². The van der Waals surface area contributed by atoms with E-state index >= 15 is 0 Å². The second-order valence-electron chi connectivity index (χ2n) is 4.73. The standard InChI is InChI=1S/C13H16N2S/c14-8-13(5-1-2-6-13)10-3-4-12-11(7-10)15-9-16-12/h3-4,7,9H,1-2,5-6,8,14H2. The molecule has 1 aromatic carbocycles. The third kappa shape index (κ3) is 1.46. The molecule has 0 unspecified atom stereocenters. The summed E-state index contributed by atoms with van der Waals surface area (Å²) in [5, 5.41) is 0. The van der Waals surface area contributed by atoms with Gasteiger partial charge in [0, 0.05) is 12.0 Å². The van der Waals surface area contributed by atoms with Gasteiger partial charge in [-0.25, -0.2) is 4.98 Å². The summed E-state index contributed by atoms with van der Waals surface area (Å²) in [6, 6.07) is 6.68. The van der Waals surface area contributed by atoms with Crippen LogP contribution in [0.4, 0.5) is 0 Å². The van der Waals surface area contributed by atoms with Gasteiger partial charge in [-0.3, -0.25) is 0 Å². The molecule has 0 atom stereocenters. The second kappa shape index (κ2) is 3.82. The van der Waals surface area contributed by atoms with Crippen LogP contribution in [-0.4, -0.2) is 11.5 Å². The van der Waals surface area contributed by atoms with Gasteiger partial charge in [-0.2, -0.15) is 0 Å². The van der Waals surface area contributed by atoms with Crippen molar-refractivity contribution in [3.8, 4) is 0 Å². The third-order valence-corrected chi connectivity index (χ3v) is 4.70. The maximum atomic E-state index is 6.00. The van der Waals surface area contributed by atoms with Crippen molar-refractivity contribution in [3.05, 3.63) is 29.3 Å². The number of benzene rings is 1. The number of aromatic nitrogens is 1. The van der Waals surface area contributed by atoms with Crippen molar-refractivity contribution in [3.63, 3.8) is 0 Å². The number of nitrogens with zero attached hydrogens (tertiary/aromatic N) is 1. The molecule has 0 saturated heterocycles. The molecule has 2 nitrogen and oxygen atoms in total. The Morgan fingerprint density at radius 2 is 2.12 bits per heavy atom. The lowest BCUT2D eigenvalue weighted by Crippen LogP contribution is -2.31. The molecule has 1 fully saturated rings. The SMILES string of the molecule is NCC1(c2ccc3scnc3c2)CCCC1. The highest BCUT2D eigenvalue weighted by Crippen LogP contribution is 2.41. The number of nitrogens with two attached hydrogens (primary N) is 1. The highest BCUT2D eigenvalue weighted by Gasteiger charge is 2.34. The van der Waals surface area contributed by atoms with E-state index in [4.69, 9.17) is 5.73 Å². The third-order valence-electron chi connectivity index (χ3n) is 3.89. The van der Waals surface area contributed by atoms with Crippen LogP contribution in [0.3, 0.4) is 0 Å². The molecule has 1 aromatic heterocycles. The second-order valence-corrected chi connectivity index (χ2v) is 5.61. The maximum absolute atomic E-state index is 6.00. The molecule has 2 N–H and O–H groups in total. The van der Waals surface area contributed by atoms with Gasteiger partial charge in [-0.05, 0) is 30.5 Å². The first kappa shape index (κ1) is 10.2. The summed E-state index contributed by atoms with van der Waals surface area (Å²) in [6.45, 7) is 0.767. The van der Waals surface area contributed by atoms with Crippen LogP contribution in [0.1, 0.15) is 31.2 Å². The minimum Gasteiger partial charge on any atom is -0.330 e. The Bertz CT molecular complexity index is 497. The Morgan fingerprint density at radius 1 is 1.31 bits per heavy atom. The molecule has 1 saturated carbocycles. The van der Waals surface area contributed by atoms with E-state index in [1.807, 2.05) is 5.51 Å². The number of rotatable bonds is 2. The molecule has 0 radical (unpaired) electrons. The van der Waals surface area contributed by atoms with Crippen LogP contribution in [0.5, 0.6) is 0 Å². The van der Waals surface area contributed by atoms with E-state index in [0.29, 0.717) is 0 Å². The molecule has 0 amide bonds. The molecule has 0 bridgehead atoms. The average Bonchev–Trinajstić information content (AvgIpc) is 2.97. The first-order valence-electron chi connectivity index (χ1n) is 5.88. The van der Waals surface area contributed by atoms with Crippen molar-refractivity contribution >= 4 is 21.6 Å². The van der Waals surface area contributed by atoms with E-state index in [0.717, 1.165) is 12.1 Å². The van der Waals surface area contributed by atoms with Gasteiger partial charge in [0.05, 0.1) is 15.7 Å². The Kier molecular flexibility index (Phi) is 2.45. The quantitative estimate of drug-likeness (QED) is 0.864. The van der Waals surface area contributed by atoms with E-state index in [1.165, 1.54) is 35.9 Å². The lowest BCUT2D eigenvalue weighted by Gasteiger charge is -2.27. The summed E-state index contributed by atoms with van der Waals surface area (Å²) in [5.74, 6) is 0. The number of fused-ring (bicyclic) bond motifs is 1. The molecular formula is C13H16N2S. The fourth-order valence-corrected chi connectivity index (χ4v) is 3.51. The van der Waals surface area contributed by atoms with Gasteiger partial charge < -0.3 is 5.73 Å². The predicted octanol–water partition coefficient (Wildman–Crippen LogP) is 3.07. The fourth-order valence-electron chi connectivity index (χ4n) is 2.85. The Balaban J connectivity index is 2.09. The Hall–Kier alpha value is -0.930. The van der Waals surface area contributed by atoms with Gasteiger partial charge in [0.25, 0.3) is 0 Å². The predicted molar refractivity (Wildman–Crippen MR) is 68.8 cm³/mol. The van der Waals surface area contributed by atoms with Crippen molar-refractivity contribution in [2.75, 3.05) is 6.54 Å². The smallest absolute Gasteiger partial charge is 0.0814 e. The van der Waals surface area contributed by atoms with Crippen molar-refractivity contribution in [1.82, 2.24) is 4.98 Å². The molecule has 1 aliphatic rings. The molecular weight excluding hydrogens is 216 g/mol. The average molecular weight is 232 g/mol. The molecule has 0 spiro atoms. The molecule has 0 aliphatic heterocycles. The summed E-state index contributed by atoms with van der Waals surface area (Å²) < 4.78 is 1.27. The monoisotopic (exact) mass is 232 g/mol. The van der Waals surface area contributed by atoms with Crippen molar-refractivity contribution in [1.29, 1.82) is 0 Å². The van der Waals surface area contributed by atoms with Crippen molar-refractivity contribution in [2.45, 2.75) is 31.1 Å². The van der Waals surface area contributed by atoms with E-state index in [9.17, 15) is 0 Å². The molecule has 2 aromatic rings. The first-order valence-corrected chi connectivity index (χ1v) is 6.76. The zero-order valence-electron chi connectivity index (χ0n) is 9.28. The Labute approximate surface area is 99.5 Å². The van der Waals surface area contributed by atoms with Crippen LogP contribution in [0.15, 0.2) is 23.7 Å². The minimum atomic E-state index is 0.234. The van der Waals surface area contributed by atoms with Gasteiger partial charge >= 0.3 is 0 Å². The summed E-state index contributed by atoms with van der Waals surface area (Å²) in [7, 11) is 0. The molecule has 1 aliphatic carbocycles. The van der Waals surface area contributed by atoms with E-state index < -0.39 is 0 Å². The summed E-state index contributed by atoms with van der Waals surface area (Å²) in [6.07, 6.45) is 5.09.